The third-order valence-corrected chi connectivity index (χ3v) is 2.60. The van der Waals surface area contributed by atoms with Crippen molar-refractivity contribution in [2.45, 2.75) is 38.5 Å². The molecule has 0 aromatic carbocycles. The molecule has 1 heterocycles. The van der Waals surface area contributed by atoms with E-state index in [0.29, 0.717) is 18.5 Å². The molecule has 5 nitrogen and oxygen atoms in total. The number of nitrogens with zero attached hydrogens (tertiary/aromatic N) is 3. The van der Waals surface area contributed by atoms with Gasteiger partial charge in [0, 0.05) is 12.6 Å². The number of alkyl halides is 3. The van der Waals surface area contributed by atoms with Gasteiger partial charge in [-0.25, -0.2) is 0 Å². The minimum Gasteiger partial charge on any atom is -0.407 e. The van der Waals surface area contributed by atoms with Crippen LogP contribution in [-0.2, 0) is 6.54 Å². The Kier molecular flexibility index (Phi) is 3.74. The zero-order valence-corrected chi connectivity index (χ0v) is 10.00. The molecule has 0 aliphatic heterocycles. The summed E-state index contributed by atoms with van der Waals surface area (Å²) in [5, 5.41) is 10.5. The molecule has 1 aromatic heterocycles. The molecule has 2 rings (SSSR count). The Morgan fingerprint density at radius 2 is 2.11 bits per heavy atom. The van der Waals surface area contributed by atoms with E-state index in [2.05, 4.69) is 15.5 Å². The second-order valence-corrected chi connectivity index (χ2v) is 4.26. The smallest absolute Gasteiger partial charge is 0.406 e. The van der Waals surface area contributed by atoms with E-state index in [4.69, 9.17) is 4.42 Å². The maximum atomic E-state index is 12.3. The van der Waals surface area contributed by atoms with Crippen LogP contribution in [0.5, 0.6) is 0 Å². The highest BCUT2D eigenvalue weighted by atomic mass is 19.4. The fourth-order valence-electron chi connectivity index (χ4n) is 1.49. The van der Waals surface area contributed by atoms with Crippen molar-refractivity contribution in [1.82, 2.24) is 15.5 Å². The van der Waals surface area contributed by atoms with Crippen LogP contribution in [0.4, 0.5) is 19.2 Å². The van der Waals surface area contributed by atoms with E-state index < -0.39 is 12.7 Å². The molecule has 1 N–H and O–H groups in total. The molecule has 0 radical (unpaired) electrons. The molecule has 1 saturated carbocycles. The summed E-state index contributed by atoms with van der Waals surface area (Å²) in [5.74, 6) is 0.317. The Hall–Kier alpha value is -1.31. The van der Waals surface area contributed by atoms with Gasteiger partial charge < -0.3 is 14.6 Å². The number of hydrogen-bond donors (Lipinski definition) is 1. The van der Waals surface area contributed by atoms with Crippen LogP contribution in [0.25, 0.3) is 0 Å². The Morgan fingerprint density at radius 1 is 1.39 bits per heavy atom. The van der Waals surface area contributed by atoms with Crippen molar-refractivity contribution < 1.29 is 17.6 Å². The second kappa shape index (κ2) is 5.13. The van der Waals surface area contributed by atoms with Crippen molar-refractivity contribution >= 4 is 6.01 Å². The van der Waals surface area contributed by atoms with Crippen molar-refractivity contribution in [1.29, 1.82) is 0 Å². The molecule has 8 heteroatoms. The maximum absolute atomic E-state index is 12.3. The highest BCUT2D eigenvalue weighted by Gasteiger charge is 2.32. The Morgan fingerprint density at radius 3 is 2.67 bits per heavy atom. The van der Waals surface area contributed by atoms with E-state index in [1.807, 2.05) is 0 Å². The summed E-state index contributed by atoms with van der Waals surface area (Å²) < 4.78 is 42.1. The first kappa shape index (κ1) is 13.1. The molecule has 0 amide bonds. The van der Waals surface area contributed by atoms with Crippen molar-refractivity contribution in [2.75, 3.05) is 18.0 Å². The normalized spacial score (nSPS) is 16.0. The number of halogens is 3. The summed E-state index contributed by atoms with van der Waals surface area (Å²) in [7, 11) is 0. The van der Waals surface area contributed by atoms with Gasteiger partial charge in [-0.05, 0) is 19.8 Å². The van der Waals surface area contributed by atoms with Crippen LogP contribution >= 0.6 is 0 Å². The van der Waals surface area contributed by atoms with E-state index in [-0.39, 0.29) is 12.6 Å². The van der Waals surface area contributed by atoms with Crippen molar-refractivity contribution in [3.63, 3.8) is 0 Å². The molecule has 1 aliphatic rings. The van der Waals surface area contributed by atoms with E-state index in [1.54, 1.807) is 6.92 Å². The van der Waals surface area contributed by atoms with E-state index in [9.17, 15) is 13.2 Å². The SMILES string of the molecule is CCN(CC(F)(F)F)c1nnc(CNC2CC2)o1. The molecule has 0 bridgehead atoms. The van der Waals surface area contributed by atoms with Crippen molar-refractivity contribution in [2.24, 2.45) is 0 Å². The van der Waals surface area contributed by atoms with E-state index in [0.717, 1.165) is 17.7 Å². The summed E-state index contributed by atoms with van der Waals surface area (Å²) in [6.07, 6.45) is -2.04. The number of nitrogens with one attached hydrogen (secondary N) is 1. The van der Waals surface area contributed by atoms with Gasteiger partial charge in [0.2, 0.25) is 5.89 Å². The average Bonchev–Trinajstić information content (AvgIpc) is 3.00. The number of rotatable bonds is 6. The van der Waals surface area contributed by atoms with Gasteiger partial charge in [0.05, 0.1) is 6.54 Å². The zero-order chi connectivity index (χ0) is 13.2. The molecule has 18 heavy (non-hydrogen) atoms. The summed E-state index contributed by atoms with van der Waals surface area (Å²) in [6.45, 7) is 1.09. The fourth-order valence-corrected chi connectivity index (χ4v) is 1.49. The van der Waals surface area contributed by atoms with Crippen LogP contribution in [0.15, 0.2) is 4.42 Å². The molecule has 0 unspecified atom stereocenters. The van der Waals surface area contributed by atoms with Gasteiger partial charge in [-0.3, -0.25) is 0 Å². The lowest BCUT2D eigenvalue weighted by molar-refractivity contribution is -0.120. The minimum absolute atomic E-state index is 0.0811. The first-order chi connectivity index (χ1) is 8.48. The third kappa shape index (κ3) is 3.86. The zero-order valence-electron chi connectivity index (χ0n) is 10.00. The van der Waals surface area contributed by atoms with Crippen LogP contribution in [-0.4, -0.2) is 35.5 Å². The summed E-state index contributed by atoms with van der Waals surface area (Å²) in [6, 6.07) is 0.403. The molecular formula is C10H15F3N4O. The van der Waals surface area contributed by atoms with Crippen molar-refractivity contribution in [3.05, 3.63) is 5.89 Å². The van der Waals surface area contributed by atoms with Gasteiger partial charge in [0.1, 0.15) is 6.54 Å². The lowest BCUT2D eigenvalue weighted by atomic mass is 10.5. The van der Waals surface area contributed by atoms with Gasteiger partial charge in [-0.1, -0.05) is 5.10 Å². The number of hydrogen-bond acceptors (Lipinski definition) is 5. The molecule has 0 saturated heterocycles. The Labute approximate surface area is 102 Å². The lowest BCUT2D eigenvalue weighted by Crippen LogP contribution is -2.34. The molecule has 1 fully saturated rings. The quantitative estimate of drug-likeness (QED) is 0.847. The predicted octanol–water partition coefficient (Wildman–Crippen LogP) is 1.71. The monoisotopic (exact) mass is 264 g/mol. The van der Waals surface area contributed by atoms with E-state index in [1.165, 1.54) is 0 Å². The van der Waals surface area contributed by atoms with Crippen LogP contribution < -0.4 is 10.2 Å². The first-order valence-corrected chi connectivity index (χ1v) is 5.85. The molecule has 0 spiro atoms. The average molecular weight is 264 g/mol. The molecule has 1 aliphatic carbocycles. The molecule has 1 aromatic rings. The van der Waals surface area contributed by atoms with Crippen molar-refractivity contribution in [3.8, 4) is 0 Å². The van der Waals surface area contributed by atoms with Gasteiger partial charge in [0.25, 0.3) is 0 Å². The minimum atomic E-state index is -4.28. The third-order valence-electron chi connectivity index (χ3n) is 2.60. The largest absolute Gasteiger partial charge is 0.407 e. The van der Waals surface area contributed by atoms with Gasteiger partial charge in [-0.15, -0.1) is 5.10 Å². The lowest BCUT2D eigenvalue weighted by Gasteiger charge is -2.19. The van der Waals surface area contributed by atoms with Gasteiger partial charge in [-0.2, -0.15) is 13.2 Å². The first-order valence-electron chi connectivity index (χ1n) is 5.85. The number of anilines is 1. The van der Waals surface area contributed by atoms with Crippen LogP contribution in [0.3, 0.4) is 0 Å². The van der Waals surface area contributed by atoms with Crippen LogP contribution in [0.2, 0.25) is 0 Å². The van der Waals surface area contributed by atoms with Gasteiger partial charge >= 0.3 is 12.2 Å². The summed E-state index contributed by atoms with van der Waals surface area (Å²) in [4.78, 5) is 1.01. The molecular weight excluding hydrogens is 249 g/mol. The highest BCUT2D eigenvalue weighted by molar-refractivity contribution is 5.23. The molecule has 0 atom stereocenters. The van der Waals surface area contributed by atoms with Crippen LogP contribution in [0, 0.1) is 0 Å². The topological polar surface area (TPSA) is 54.2 Å². The standard InChI is InChI=1S/C10H15F3N4O/c1-2-17(6-10(11,12)13)9-16-15-8(18-9)5-14-7-3-4-7/h7,14H,2-6H2,1H3. The van der Waals surface area contributed by atoms with Crippen LogP contribution in [0.1, 0.15) is 25.7 Å². The van der Waals surface area contributed by atoms with Gasteiger partial charge in [0.15, 0.2) is 0 Å². The predicted molar refractivity (Wildman–Crippen MR) is 58.1 cm³/mol. The summed E-state index contributed by atoms with van der Waals surface area (Å²) in [5.41, 5.74) is 0. The summed E-state index contributed by atoms with van der Waals surface area (Å²) >= 11 is 0. The fraction of sp³-hybridized carbons (Fsp3) is 0.800. The second-order valence-electron chi connectivity index (χ2n) is 4.26. The number of aromatic nitrogens is 2. The Bertz CT molecular complexity index is 389. The molecule has 102 valence electrons. The highest BCUT2D eigenvalue weighted by Crippen LogP contribution is 2.22. The Balaban J connectivity index is 1.93. The maximum Gasteiger partial charge on any atom is 0.406 e. The van der Waals surface area contributed by atoms with E-state index >= 15 is 0 Å².